The molecular formula is C14H21N3O2. The number of β-amino-alcohol motifs (C(OH)–C–C–N with tert-alkyl or cyclic N) is 1. The Bertz CT molecular complexity index is 462. The van der Waals surface area contributed by atoms with Crippen LogP contribution in [0.15, 0.2) is 18.3 Å². The third-order valence-corrected chi connectivity index (χ3v) is 3.37. The van der Waals surface area contributed by atoms with E-state index in [2.05, 4.69) is 4.98 Å². The van der Waals surface area contributed by atoms with Gasteiger partial charge in [-0.3, -0.25) is 9.78 Å². The van der Waals surface area contributed by atoms with E-state index >= 15 is 0 Å². The Kier molecular flexibility index (Phi) is 4.17. The largest absolute Gasteiger partial charge is 0.391 e. The molecular weight excluding hydrogens is 242 g/mol. The van der Waals surface area contributed by atoms with Crippen molar-refractivity contribution in [3.8, 4) is 0 Å². The van der Waals surface area contributed by atoms with Crippen molar-refractivity contribution < 1.29 is 9.90 Å². The lowest BCUT2D eigenvalue weighted by molar-refractivity contribution is 0.0699. The number of pyridine rings is 1. The van der Waals surface area contributed by atoms with Crippen LogP contribution in [-0.2, 0) is 0 Å². The molecule has 5 nitrogen and oxygen atoms in total. The van der Waals surface area contributed by atoms with Gasteiger partial charge >= 0.3 is 0 Å². The lowest BCUT2D eigenvalue weighted by atomic mass is 10.1. The number of aromatic nitrogens is 1. The topological polar surface area (TPSA) is 56.7 Å². The summed E-state index contributed by atoms with van der Waals surface area (Å²) in [5.41, 5.74) is 1.47. The highest BCUT2D eigenvalue weighted by Gasteiger charge is 2.34. The third-order valence-electron chi connectivity index (χ3n) is 3.37. The third kappa shape index (κ3) is 3.30. The molecule has 1 amide bonds. The first-order valence-electron chi connectivity index (χ1n) is 6.54. The van der Waals surface area contributed by atoms with Crippen LogP contribution in [0.1, 0.15) is 22.5 Å². The number of nitrogens with zero attached hydrogens (tertiary/aromatic N) is 3. The Morgan fingerprint density at radius 3 is 2.95 bits per heavy atom. The number of hydrogen-bond acceptors (Lipinski definition) is 4. The van der Waals surface area contributed by atoms with Crippen LogP contribution in [0.3, 0.4) is 0 Å². The molecule has 1 N–H and O–H groups in total. The molecule has 1 fully saturated rings. The Morgan fingerprint density at radius 1 is 1.58 bits per heavy atom. The van der Waals surface area contributed by atoms with Gasteiger partial charge in [-0.25, -0.2) is 0 Å². The van der Waals surface area contributed by atoms with Crippen molar-refractivity contribution in [3.05, 3.63) is 29.6 Å². The van der Waals surface area contributed by atoms with Crippen LogP contribution < -0.4 is 0 Å². The average Bonchev–Trinajstić information content (AvgIpc) is 2.68. The molecule has 0 bridgehead atoms. The Balaban J connectivity index is 2.17. The van der Waals surface area contributed by atoms with Crippen LogP contribution in [0, 0.1) is 6.92 Å². The summed E-state index contributed by atoms with van der Waals surface area (Å²) in [5, 5.41) is 9.81. The molecule has 2 rings (SSSR count). The maximum absolute atomic E-state index is 12.5. The van der Waals surface area contributed by atoms with Crippen LogP contribution in [-0.4, -0.2) is 65.1 Å². The van der Waals surface area contributed by atoms with E-state index in [9.17, 15) is 9.90 Å². The first-order chi connectivity index (χ1) is 8.97. The van der Waals surface area contributed by atoms with Crippen LogP contribution >= 0.6 is 0 Å². The summed E-state index contributed by atoms with van der Waals surface area (Å²) in [6.45, 7) is 3.05. The number of aliphatic hydroxyl groups excluding tert-OH is 1. The second kappa shape index (κ2) is 5.67. The number of likely N-dealkylation sites (N-methyl/N-ethyl adjacent to an activating group) is 1. The molecule has 1 aromatic rings. The van der Waals surface area contributed by atoms with Gasteiger partial charge in [-0.1, -0.05) is 0 Å². The second-order valence-electron chi connectivity index (χ2n) is 5.45. The molecule has 0 saturated carbocycles. The van der Waals surface area contributed by atoms with Gasteiger partial charge < -0.3 is 14.9 Å². The maximum Gasteiger partial charge on any atom is 0.254 e. The monoisotopic (exact) mass is 263 g/mol. The first-order valence-corrected chi connectivity index (χ1v) is 6.54. The highest BCUT2D eigenvalue weighted by atomic mass is 16.3. The molecule has 0 spiro atoms. The van der Waals surface area contributed by atoms with Crippen LogP contribution in [0.25, 0.3) is 0 Å². The second-order valence-corrected chi connectivity index (χ2v) is 5.45. The van der Waals surface area contributed by atoms with E-state index < -0.39 is 6.10 Å². The summed E-state index contributed by atoms with van der Waals surface area (Å²) < 4.78 is 0. The lowest BCUT2D eigenvalue weighted by Crippen LogP contribution is -2.41. The SMILES string of the molecule is Cc1cc(C(=O)N2CC(O)CC2CN(C)C)ccn1. The number of hydrogen-bond donors (Lipinski definition) is 1. The maximum atomic E-state index is 12.5. The normalized spacial score (nSPS) is 23.1. The fourth-order valence-corrected chi connectivity index (χ4v) is 2.58. The molecule has 19 heavy (non-hydrogen) atoms. The van der Waals surface area contributed by atoms with Crippen molar-refractivity contribution in [2.75, 3.05) is 27.2 Å². The number of aryl methyl sites for hydroxylation is 1. The summed E-state index contributed by atoms with van der Waals surface area (Å²) in [4.78, 5) is 20.4. The smallest absolute Gasteiger partial charge is 0.254 e. The minimum absolute atomic E-state index is 0.0195. The Hall–Kier alpha value is -1.46. The minimum atomic E-state index is -0.420. The molecule has 5 heteroatoms. The summed E-state index contributed by atoms with van der Waals surface area (Å²) in [6, 6.07) is 3.60. The van der Waals surface area contributed by atoms with Crippen molar-refractivity contribution in [3.63, 3.8) is 0 Å². The summed E-state index contributed by atoms with van der Waals surface area (Å²) >= 11 is 0. The number of likely N-dealkylation sites (tertiary alicyclic amines) is 1. The fourth-order valence-electron chi connectivity index (χ4n) is 2.58. The van der Waals surface area contributed by atoms with Crippen molar-refractivity contribution in [1.29, 1.82) is 0 Å². The van der Waals surface area contributed by atoms with Crippen LogP contribution in [0.4, 0.5) is 0 Å². The van der Waals surface area contributed by atoms with E-state index in [-0.39, 0.29) is 11.9 Å². The predicted molar refractivity (Wildman–Crippen MR) is 73.0 cm³/mol. The fraction of sp³-hybridized carbons (Fsp3) is 0.571. The average molecular weight is 263 g/mol. The standard InChI is InChI=1S/C14H21N3O2/c1-10-6-11(4-5-15-10)14(19)17-9-13(18)7-12(17)8-16(2)3/h4-6,12-13,18H,7-9H2,1-3H3. The predicted octanol–water partition coefficient (Wildman–Crippen LogP) is 0.527. The van der Waals surface area contributed by atoms with Gasteiger partial charge in [0.25, 0.3) is 5.91 Å². The molecule has 0 radical (unpaired) electrons. The van der Waals surface area contributed by atoms with Crippen LogP contribution in [0.2, 0.25) is 0 Å². The van der Waals surface area contributed by atoms with E-state index in [0.29, 0.717) is 18.5 Å². The number of carbonyl (C=O) groups excluding carboxylic acids is 1. The molecule has 1 aliphatic rings. The number of amides is 1. The van der Waals surface area contributed by atoms with Crippen LogP contribution in [0.5, 0.6) is 0 Å². The molecule has 1 saturated heterocycles. The molecule has 1 aromatic heterocycles. The van der Waals surface area contributed by atoms with Gasteiger partial charge in [-0.15, -0.1) is 0 Å². The zero-order chi connectivity index (χ0) is 14.0. The molecule has 2 heterocycles. The summed E-state index contributed by atoms with van der Waals surface area (Å²) in [6.07, 6.45) is 1.88. The van der Waals surface area contributed by atoms with Gasteiger partial charge in [-0.2, -0.15) is 0 Å². The quantitative estimate of drug-likeness (QED) is 0.864. The molecule has 104 valence electrons. The molecule has 0 aliphatic carbocycles. The van der Waals surface area contributed by atoms with Crippen molar-refractivity contribution >= 4 is 5.91 Å². The van der Waals surface area contributed by atoms with Gasteiger partial charge in [0.2, 0.25) is 0 Å². The number of carbonyl (C=O) groups is 1. The molecule has 0 aromatic carbocycles. The van der Waals surface area contributed by atoms with E-state index in [1.165, 1.54) is 0 Å². The van der Waals surface area contributed by atoms with Crippen molar-refractivity contribution in [2.45, 2.75) is 25.5 Å². The number of aliphatic hydroxyl groups is 1. The van der Waals surface area contributed by atoms with Gasteiger partial charge in [0.05, 0.1) is 6.10 Å². The van der Waals surface area contributed by atoms with Gasteiger partial charge in [0.15, 0.2) is 0 Å². The highest BCUT2D eigenvalue weighted by molar-refractivity contribution is 5.94. The summed E-state index contributed by atoms with van der Waals surface area (Å²) in [5.74, 6) is -0.0195. The van der Waals surface area contributed by atoms with E-state index in [4.69, 9.17) is 0 Å². The van der Waals surface area contributed by atoms with Crippen molar-refractivity contribution in [2.24, 2.45) is 0 Å². The zero-order valence-corrected chi connectivity index (χ0v) is 11.7. The Labute approximate surface area is 113 Å². The number of rotatable bonds is 3. The van der Waals surface area contributed by atoms with E-state index in [1.807, 2.05) is 25.9 Å². The zero-order valence-electron chi connectivity index (χ0n) is 11.7. The van der Waals surface area contributed by atoms with E-state index in [0.717, 1.165) is 12.2 Å². The molecule has 1 aliphatic heterocycles. The van der Waals surface area contributed by atoms with Gasteiger partial charge in [0.1, 0.15) is 0 Å². The van der Waals surface area contributed by atoms with E-state index in [1.54, 1.807) is 23.2 Å². The molecule has 2 unspecified atom stereocenters. The summed E-state index contributed by atoms with van der Waals surface area (Å²) in [7, 11) is 3.95. The molecule has 2 atom stereocenters. The van der Waals surface area contributed by atoms with Gasteiger partial charge in [0, 0.05) is 36.6 Å². The first kappa shape index (κ1) is 14.0. The minimum Gasteiger partial charge on any atom is -0.391 e. The van der Waals surface area contributed by atoms with Crippen molar-refractivity contribution in [1.82, 2.24) is 14.8 Å². The highest BCUT2D eigenvalue weighted by Crippen LogP contribution is 2.21. The Morgan fingerprint density at radius 2 is 2.32 bits per heavy atom. The van der Waals surface area contributed by atoms with Gasteiger partial charge in [-0.05, 0) is 39.6 Å². The lowest BCUT2D eigenvalue weighted by Gasteiger charge is -2.26.